The summed E-state index contributed by atoms with van der Waals surface area (Å²) >= 11 is 0. The Morgan fingerprint density at radius 2 is 1.89 bits per heavy atom. The maximum absolute atomic E-state index is 14.6. The number of hydrogen-bond acceptors (Lipinski definition) is 8. The highest BCUT2D eigenvalue weighted by molar-refractivity contribution is 5.93. The lowest BCUT2D eigenvalue weighted by Crippen LogP contribution is -2.43. The summed E-state index contributed by atoms with van der Waals surface area (Å²) in [4.78, 5) is 21.8. The van der Waals surface area contributed by atoms with Gasteiger partial charge in [0.1, 0.15) is 17.7 Å². The quantitative estimate of drug-likeness (QED) is 0.368. The highest BCUT2D eigenvalue weighted by Crippen LogP contribution is 2.32. The first-order valence-electron chi connectivity index (χ1n) is 11.8. The van der Waals surface area contributed by atoms with E-state index >= 15 is 0 Å². The summed E-state index contributed by atoms with van der Waals surface area (Å²) in [6, 6.07) is 8.12. The lowest BCUT2D eigenvalue weighted by molar-refractivity contribution is 0.0969. The van der Waals surface area contributed by atoms with Crippen molar-refractivity contribution in [1.82, 2.24) is 24.5 Å². The molecule has 2 atom stereocenters. The SMILES string of the molecule is COc1ccc(CNc2nc3cc(OC)c(F)cc3c3nc([C@@H]4C[C@H](F)CN(C(=O)O)C4)nn23)c(OC)c1. The minimum absolute atomic E-state index is 0.0153. The summed E-state index contributed by atoms with van der Waals surface area (Å²) in [6.07, 6.45) is -2.49. The number of alkyl halides is 1. The van der Waals surface area contributed by atoms with Gasteiger partial charge in [-0.2, -0.15) is 4.52 Å². The van der Waals surface area contributed by atoms with Crippen LogP contribution in [0.1, 0.15) is 23.7 Å². The van der Waals surface area contributed by atoms with Crippen LogP contribution in [0.3, 0.4) is 0 Å². The van der Waals surface area contributed by atoms with Gasteiger partial charge in [-0.3, -0.25) is 0 Å². The number of hydrogen-bond donors (Lipinski definition) is 2. The Balaban J connectivity index is 1.59. The molecule has 5 rings (SSSR count). The zero-order valence-corrected chi connectivity index (χ0v) is 20.9. The molecule has 0 spiro atoms. The molecule has 2 N–H and O–H groups in total. The van der Waals surface area contributed by atoms with E-state index in [0.717, 1.165) is 10.5 Å². The highest BCUT2D eigenvalue weighted by atomic mass is 19.1. The monoisotopic (exact) mass is 528 g/mol. The van der Waals surface area contributed by atoms with Gasteiger partial charge >= 0.3 is 6.09 Å². The van der Waals surface area contributed by atoms with Crippen molar-refractivity contribution < 1.29 is 32.9 Å². The van der Waals surface area contributed by atoms with Gasteiger partial charge in [0.05, 0.1) is 33.4 Å². The molecule has 200 valence electrons. The normalized spacial score (nSPS) is 17.6. The van der Waals surface area contributed by atoms with Gasteiger partial charge in [0.2, 0.25) is 5.95 Å². The second-order valence-corrected chi connectivity index (χ2v) is 8.89. The van der Waals surface area contributed by atoms with E-state index in [9.17, 15) is 18.7 Å². The molecule has 1 aliphatic rings. The van der Waals surface area contributed by atoms with Crippen molar-refractivity contribution in [1.29, 1.82) is 0 Å². The molecule has 0 saturated carbocycles. The first kappa shape index (κ1) is 25.2. The molecule has 2 aromatic heterocycles. The summed E-state index contributed by atoms with van der Waals surface area (Å²) in [6.45, 7) is 0.133. The van der Waals surface area contributed by atoms with E-state index in [1.54, 1.807) is 26.4 Å². The van der Waals surface area contributed by atoms with Gasteiger partial charge in [0.25, 0.3) is 0 Å². The number of nitrogens with zero attached hydrogens (tertiary/aromatic N) is 5. The summed E-state index contributed by atoms with van der Waals surface area (Å²) in [5.74, 6) is 0.608. The summed E-state index contributed by atoms with van der Waals surface area (Å²) in [7, 11) is 4.48. The molecule has 38 heavy (non-hydrogen) atoms. The van der Waals surface area contributed by atoms with Gasteiger partial charge < -0.3 is 29.5 Å². The number of benzene rings is 2. The maximum atomic E-state index is 14.6. The first-order valence-corrected chi connectivity index (χ1v) is 11.8. The number of amides is 1. The minimum Gasteiger partial charge on any atom is -0.497 e. The van der Waals surface area contributed by atoms with E-state index < -0.39 is 24.0 Å². The molecule has 2 aromatic carbocycles. The number of nitrogens with one attached hydrogen (secondary N) is 1. The van der Waals surface area contributed by atoms with Crippen molar-refractivity contribution >= 4 is 28.6 Å². The van der Waals surface area contributed by atoms with Gasteiger partial charge in [-0.1, -0.05) is 0 Å². The highest BCUT2D eigenvalue weighted by Gasteiger charge is 2.33. The molecule has 1 fully saturated rings. The standard InChI is InChI=1S/C25H26F2N6O5/c1-36-16-5-4-13(20(7-16)37-2)10-28-24-29-19-9-21(38-3)18(27)8-17(19)23-30-22(31-33(23)24)14-6-15(26)12-32(11-14)25(34)35/h4-5,7-9,14-15H,6,10-12H2,1-3H3,(H,28,29)(H,34,35)/t14-,15+/m1/s1. The van der Waals surface area contributed by atoms with Crippen molar-refractivity contribution in [2.24, 2.45) is 0 Å². The molecule has 13 heteroatoms. The first-order chi connectivity index (χ1) is 18.3. The van der Waals surface area contributed by atoms with Crippen LogP contribution in [0.2, 0.25) is 0 Å². The van der Waals surface area contributed by atoms with Crippen molar-refractivity contribution in [3.63, 3.8) is 0 Å². The summed E-state index contributed by atoms with van der Waals surface area (Å²) in [5, 5.41) is 17.6. The Kier molecular flexibility index (Phi) is 6.74. The summed E-state index contributed by atoms with van der Waals surface area (Å²) < 4.78 is 46.3. The van der Waals surface area contributed by atoms with E-state index in [1.807, 2.05) is 6.07 Å². The van der Waals surface area contributed by atoms with Crippen LogP contribution < -0.4 is 19.5 Å². The molecule has 0 radical (unpaired) electrons. The van der Waals surface area contributed by atoms with Gasteiger partial charge in [-0.15, -0.1) is 5.10 Å². The number of methoxy groups -OCH3 is 3. The van der Waals surface area contributed by atoms with Crippen LogP contribution in [-0.2, 0) is 6.54 Å². The Labute approximate surface area is 215 Å². The number of rotatable bonds is 7. The van der Waals surface area contributed by atoms with E-state index in [-0.39, 0.29) is 37.6 Å². The fourth-order valence-electron chi connectivity index (χ4n) is 4.62. The van der Waals surface area contributed by atoms with Crippen LogP contribution in [0.4, 0.5) is 19.5 Å². The molecule has 0 aliphatic carbocycles. The zero-order valence-electron chi connectivity index (χ0n) is 20.9. The topological polar surface area (TPSA) is 123 Å². The van der Waals surface area contributed by atoms with Gasteiger partial charge in [-0.25, -0.2) is 23.5 Å². The molecule has 4 aromatic rings. The van der Waals surface area contributed by atoms with Gasteiger partial charge in [-0.05, 0) is 24.6 Å². The smallest absolute Gasteiger partial charge is 0.407 e. The molecule has 0 unspecified atom stereocenters. The molecule has 1 saturated heterocycles. The van der Waals surface area contributed by atoms with Crippen LogP contribution in [0.5, 0.6) is 17.2 Å². The number of carboxylic acid groups (broad SMARTS) is 1. The van der Waals surface area contributed by atoms with Crippen LogP contribution in [0.15, 0.2) is 30.3 Å². The number of anilines is 1. The zero-order chi connectivity index (χ0) is 27.0. The predicted octanol–water partition coefficient (Wildman–Crippen LogP) is 3.86. The molecule has 0 bridgehead atoms. The summed E-state index contributed by atoms with van der Waals surface area (Å²) in [5.41, 5.74) is 1.50. The maximum Gasteiger partial charge on any atom is 0.407 e. The van der Waals surface area contributed by atoms with Crippen LogP contribution >= 0.6 is 0 Å². The number of ether oxygens (including phenoxy) is 3. The van der Waals surface area contributed by atoms with E-state index in [1.165, 1.54) is 23.8 Å². The van der Waals surface area contributed by atoms with E-state index in [0.29, 0.717) is 34.0 Å². The van der Waals surface area contributed by atoms with Crippen molar-refractivity contribution in [2.45, 2.75) is 25.1 Å². The fourth-order valence-corrected chi connectivity index (χ4v) is 4.62. The largest absolute Gasteiger partial charge is 0.497 e. The van der Waals surface area contributed by atoms with Crippen molar-refractivity contribution in [3.05, 3.63) is 47.5 Å². The third-order valence-electron chi connectivity index (χ3n) is 6.53. The number of likely N-dealkylation sites (tertiary alicyclic amines) is 1. The Bertz CT molecular complexity index is 1510. The second-order valence-electron chi connectivity index (χ2n) is 8.89. The average molecular weight is 529 g/mol. The predicted molar refractivity (Wildman–Crippen MR) is 134 cm³/mol. The third kappa shape index (κ3) is 4.66. The third-order valence-corrected chi connectivity index (χ3v) is 6.53. The molecule has 11 nitrogen and oxygen atoms in total. The number of piperidine rings is 1. The van der Waals surface area contributed by atoms with Crippen molar-refractivity contribution in [2.75, 3.05) is 39.7 Å². The van der Waals surface area contributed by atoms with Crippen LogP contribution in [-0.4, -0.2) is 76.3 Å². The minimum atomic E-state index is -1.35. The average Bonchev–Trinajstić information content (AvgIpc) is 3.37. The molecular weight excluding hydrogens is 502 g/mol. The Morgan fingerprint density at radius 1 is 1.11 bits per heavy atom. The number of halogens is 2. The van der Waals surface area contributed by atoms with Crippen molar-refractivity contribution in [3.8, 4) is 17.2 Å². The van der Waals surface area contributed by atoms with Crippen LogP contribution in [0.25, 0.3) is 16.6 Å². The lowest BCUT2D eigenvalue weighted by atomic mass is 9.96. The van der Waals surface area contributed by atoms with Crippen LogP contribution in [0, 0.1) is 5.82 Å². The Morgan fingerprint density at radius 3 is 2.61 bits per heavy atom. The lowest BCUT2D eigenvalue weighted by Gasteiger charge is -2.31. The Hall–Kier alpha value is -4.42. The number of aromatic nitrogens is 4. The van der Waals surface area contributed by atoms with E-state index in [2.05, 4.69) is 20.4 Å². The molecule has 3 heterocycles. The van der Waals surface area contributed by atoms with Gasteiger partial charge in [0, 0.05) is 42.1 Å². The van der Waals surface area contributed by atoms with Gasteiger partial charge in [0.15, 0.2) is 23.0 Å². The van der Waals surface area contributed by atoms with E-state index in [4.69, 9.17) is 14.2 Å². The molecule has 1 amide bonds. The molecule has 1 aliphatic heterocycles. The second kappa shape index (κ2) is 10.1. The molecular formula is C25H26F2N6O5. The number of fused-ring (bicyclic) bond motifs is 3. The number of carbonyl (C=O) groups is 1. The fraction of sp³-hybridized carbons (Fsp3) is 0.360.